The fourth-order valence-electron chi connectivity index (χ4n) is 2.10. The summed E-state index contributed by atoms with van der Waals surface area (Å²) in [4.78, 5) is 18.9. The van der Waals surface area contributed by atoms with Crippen molar-refractivity contribution in [1.82, 2.24) is 9.97 Å². The first-order chi connectivity index (χ1) is 11.1. The molecule has 1 aromatic heterocycles. The number of fused-ring (bicyclic) bond motifs is 1. The monoisotopic (exact) mass is 324 g/mol. The average Bonchev–Trinajstić information content (AvgIpc) is 2.55. The smallest absolute Gasteiger partial charge is 0.274 e. The lowest BCUT2D eigenvalue weighted by atomic mass is 10.2. The molecule has 0 aliphatic rings. The van der Waals surface area contributed by atoms with Crippen LogP contribution in [0.25, 0.3) is 23.2 Å². The standard InChI is InChI=1S/C18H13ClN2O2/c19-13-7-9-15-16(10-13)21-18(23)17(20-15)11-14(22)8-6-12-4-2-1-3-5-12/h1-11,22H,(H,21,23). The number of aliphatic hydroxyl groups excluding tert-OH is 1. The molecule has 3 rings (SSSR count). The zero-order valence-electron chi connectivity index (χ0n) is 12.0. The van der Waals surface area contributed by atoms with E-state index < -0.39 is 0 Å². The number of aromatic nitrogens is 2. The lowest BCUT2D eigenvalue weighted by molar-refractivity contribution is 0.438. The van der Waals surface area contributed by atoms with Crippen LogP contribution in [0.2, 0.25) is 5.02 Å². The summed E-state index contributed by atoms with van der Waals surface area (Å²) in [5.41, 5.74) is 1.84. The highest BCUT2D eigenvalue weighted by Crippen LogP contribution is 2.15. The van der Waals surface area contributed by atoms with Crippen LogP contribution in [0.4, 0.5) is 0 Å². The Kier molecular flexibility index (Phi) is 4.26. The topological polar surface area (TPSA) is 66.0 Å². The molecule has 0 bridgehead atoms. The van der Waals surface area contributed by atoms with E-state index >= 15 is 0 Å². The van der Waals surface area contributed by atoms with Crippen molar-refractivity contribution in [3.05, 3.63) is 87.0 Å². The van der Waals surface area contributed by atoms with Crippen LogP contribution in [-0.4, -0.2) is 15.1 Å². The molecule has 0 amide bonds. The van der Waals surface area contributed by atoms with Crippen LogP contribution < -0.4 is 5.56 Å². The van der Waals surface area contributed by atoms with E-state index in [0.717, 1.165) is 5.56 Å². The van der Waals surface area contributed by atoms with Gasteiger partial charge >= 0.3 is 0 Å². The third-order valence-corrected chi connectivity index (χ3v) is 3.45. The van der Waals surface area contributed by atoms with E-state index in [9.17, 15) is 9.90 Å². The summed E-state index contributed by atoms with van der Waals surface area (Å²) in [5, 5.41) is 10.5. The third-order valence-electron chi connectivity index (χ3n) is 3.21. The van der Waals surface area contributed by atoms with Crippen molar-refractivity contribution in [1.29, 1.82) is 0 Å². The van der Waals surface area contributed by atoms with Gasteiger partial charge in [0.1, 0.15) is 11.5 Å². The molecule has 0 saturated heterocycles. The number of hydrogen-bond acceptors (Lipinski definition) is 3. The van der Waals surface area contributed by atoms with Crippen molar-refractivity contribution in [2.45, 2.75) is 0 Å². The molecule has 0 saturated carbocycles. The highest BCUT2D eigenvalue weighted by atomic mass is 35.5. The minimum atomic E-state index is -0.389. The third kappa shape index (κ3) is 3.67. The van der Waals surface area contributed by atoms with Crippen LogP contribution in [-0.2, 0) is 0 Å². The van der Waals surface area contributed by atoms with Crippen molar-refractivity contribution in [3.8, 4) is 0 Å². The summed E-state index contributed by atoms with van der Waals surface area (Å²) >= 11 is 5.88. The van der Waals surface area contributed by atoms with Gasteiger partial charge in [-0.3, -0.25) is 4.79 Å². The minimum absolute atomic E-state index is 0.0554. The predicted molar refractivity (Wildman–Crippen MR) is 93.5 cm³/mol. The number of rotatable bonds is 3. The van der Waals surface area contributed by atoms with E-state index in [0.29, 0.717) is 16.1 Å². The summed E-state index contributed by atoms with van der Waals surface area (Å²) in [6.07, 6.45) is 4.59. The molecule has 0 atom stereocenters. The Balaban J connectivity index is 1.93. The second kappa shape index (κ2) is 6.50. The molecule has 0 aliphatic heterocycles. The van der Waals surface area contributed by atoms with Gasteiger partial charge in [-0.2, -0.15) is 0 Å². The zero-order chi connectivity index (χ0) is 16.2. The van der Waals surface area contributed by atoms with Gasteiger partial charge in [0.05, 0.1) is 11.0 Å². The van der Waals surface area contributed by atoms with Crippen molar-refractivity contribution in [2.24, 2.45) is 0 Å². The average molecular weight is 325 g/mol. The molecule has 4 nitrogen and oxygen atoms in total. The first kappa shape index (κ1) is 15.1. The molecular weight excluding hydrogens is 312 g/mol. The molecular formula is C18H13ClN2O2. The maximum atomic E-state index is 12.0. The summed E-state index contributed by atoms with van der Waals surface area (Å²) in [6.45, 7) is 0. The van der Waals surface area contributed by atoms with Gasteiger partial charge in [0.2, 0.25) is 0 Å². The van der Waals surface area contributed by atoms with Gasteiger partial charge in [0.25, 0.3) is 5.56 Å². The Morgan fingerprint density at radius 3 is 2.74 bits per heavy atom. The summed E-state index contributed by atoms with van der Waals surface area (Å²) in [5.74, 6) is -0.0554. The van der Waals surface area contributed by atoms with E-state index in [4.69, 9.17) is 11.6 Å². The van der Waals surface area contributed by atoms with Gasteiger partial charge in [-0.25, -0.2) is 4.98 Å². The number of allylic oxidation sites excluding steroid dienone is 1. The summed E-state index contributed by atoms with van der Waals surface area (Å²) < 4.78 is 0. The molecule has 0 aliphatic carbocycles. The molecule has 5 heteroatoms. The highest BCUT2D eigenvalue weighted by Gasteiger charge is 2.04. The molecule has 0 radical (unpaired) electrons. The summed E-state index contributed by atoms with van der Waals surface area (Å²) in [7, 11) is 0. The molecule has 0 unspecified atom stereocenters. The van der Waals surface area contributed by atoms with E-state index in [1.54, 1.807) is 24.3 Å². The Labute approximate surface area is 137 Å². The quantitative estimate of drug-likeness (QED) is 0.561. The Hall–Kier alpha value is -2.85. The number of hydrogen-bond donors (Lipinski definition) is 2. The SMILES string of the molecule is O=c1[nH]c2cc(Cl)ccc2nc1C=C(O)C=Cc1ccccc1. The van der Waals surface area contributed by atoms with Crippen molar-refractivity contribution < 1.29 is 5.11 Å². The van der Waals surface area contributed by atoms with Crippen LogP contribution in [0, 0.1) is 0 Å². The highest BCUT2D eigenvalue weighted by molar-refractivity contribution is 6.31. The number of aliphatic hydroxyl groups is 1. The van der Waals surface area contributed by atoms with Crippen molar-refractivity contribution >= 4 is 34.8 Å². The lowest BCUT2D eigenvalue weighted by Gasteiger charge is -2.00. The van der Waals surface area contributed by atoms with E-state index in [-0.39, 0.29) is 17.0 Å². The second-order valence-electron chi connectivity index (χ2n) is 4.93. The Morgan fingerprint density at radius 1 is 1.17 bits per heavy atom. The zero-order valence-corrected chi connectivity index (χ0v) is 12.8. The van der Waals surface area contributed by atoms with Crippen LogP contribution in [0.1, 0.15) is 11.3 Å². The maximum Gasteiger partial charge on any atom is 0.274 e. The van der Waals surface area contributed by atoms with Gasteiger partial charge in [-0.15, -0.1) is 0 Å². The lowest BCUT2D eigenvalue weighted by Crippen LogP contribution is -2.12. The second-order valence-corrected chi connectivity index (χ2v) is 5.36. The van der Waals surface area contributed by atoms with Gasteiger partial charge < -0.3 is 10.1 Å². The van der Waals surface area contributed by atoms with Gasteiger partial charge in [0.15, 0.2) is 0 Å². The predicted octanol–water partition coefficient (Wildman–Crippen LogP) is 4.19. The molecule has 2 N–H and O–H groups in total. The maximum absolute atomic E-state index is 12.0. The fourth-order valence-corrected chi connectivity index (χ4v) is 2.28. The number of aromatic amines is 1. The minimum Gasteiger partial charge on any atom is -0.508 e. The molecule has 114 valence electrons. The van der Waals surface area contributed by atoms with Crippen molar-refractivity contribution in [3.63, 3.8) is 0 Å². The van der Waals surface area contributed by atoms with Crippen LogP contribution in [0.3, 0.4) is 0 Å². The van der Waals surface area contributed by atoms with E-state index in [2.05, 4.69) is 9.97 Å². The van der Waals surface area contributed by atoms with Gasteiger partial charge in [0, 0.05) is 11.1 Å². The largest absolute Gasteiger partial charge is 0.508 e. The van der Waals surface area contributed by atoms with Gasteiger partial charge in [-0.1, -0.05) is 48.0 Å². The number of halogens is 1. The molecule has 23 heavy (non-hydrogen) atoms. The Bertz CT molecular complexity index is 960. The Morgan fingerprint density at radius 2 is 1.96 bits per heavy atom. The number of benzene rings is 2. The first-order valence-corrected chi connectivity index (χ1v) is 7.33. The van der Waals surface area contributed by atoms with Crippen LogP contribution in [0.15, 0.2) is 65.2 Å². The fraction of sp³-hybridized carbons (Fsp3) is 0. The molecule has 1 heterocycles. The van der Waals surface area contributed by atoms with Crippen LogP contribution >= 0.6 is 11.6 Å². The van der Waals surface area contributed by atoms with E-state index in [1.807, 2.05) is 30.3 Å². The van der Waals surface area contributed by atoms with E-state index in [1.165, 1.54) is 12.2 Å². The van der Waals surface area contributed by atoms with Gasteiger partial charge in [-0.05, 0) is 29.8 Å². The first-order valence-electron chi connectivity index (χ1n) is 6.95. The molecule has 3 aromatic rings. The molecule has 0 spiro atoms. The number of nitrogens with one attached hydrogen (secondary N) is 1. The number of nitrogens with zero attached hydrogens (tertiary/aromatic N) is 1. The summed E-state index contributed by atoms with van der Waals surface area (Å²) in [6, 6.07) is 14.6. The normalized spacial score (nSPS) is 12.1. The molecule has 2 aromatic carbocycles. The molecule has 0 fully saturated rings. The van der Waals surface area contributed by atoms with Crippen molar-refractivity contribution in [2.75, 3.05) is 0 Å². The van der Waals surface area contributed by atoms with Crippen LogP contribution in [0.5, 0.6) is 0 Å². The number of H-pyrrole nitrogens is 1.